The Morgan fingerprint density at radius 1 is 1.06 bits per heavy atom. The predicted molar refractivity (Wildman–Crippen MR) is 171 cm³/mol. The van der Waals surface area contributed by atoms with Crippen LogP contribution in [0.1, 0.15) is 66.8 Å². The molecule has 2 unspecified atom stereocenters. The maximum absolute atomic E-state index is 14.6. The van der Waals surface area contributed by atoms with Gasteiger partial charge in [0.05, 0.1) is 36.4 Å². The van der Waals surface area contributed by atoms with Crippen LogP contribution in [0.3, 0.4) is 0 Å². The Hall–Kier alpha value is -4.78. The molecule has 13 heteroatoms. The van der Waals surface area contributed by atoms with Crippen LogP contribution in [0.2, 0.25) is 0 Å². The van der Waals surface area contributed by atoms with Crippen molar-refractivity contribution in [2.24, 2.45) is 5.92 Å². The second-order valence-corrected chi connectivity index (χ2v) is 12.3. The lowest BCUT2D eigenvalue weighted by Gasteiger charge is -2.26. The molecule has 2 aliphatic heterocycles. The zero-order valence-electron chi connectivity index (χ0n) is 26.0. The minimum atomic E-state index is -1.42. The van der Waals surface area contributed by atoms with E-state index >= 15 is 0 Å². The smallest absolute Gasteiger partial charge is 0.270 e. The van der Waals surface area contributed by atoms with E-state index in [0.29, 0.717) is 28.3 Å². The molecule has 4 heterocycles. The molecule has 0 spiro atoms. The Balaban J connectivity index is 1.11. The number of nitrogens with zero attached hydrogens (tertiary/aromatic N) is 3. The predicted octanol–water partition coefficient (Wildman–Crippen LogP) is 3.43. The number of hydrogen-bond acceptors (Lipinski definition) is 7. The average Bonchev–Trinajstić information content (AvgIpc) is 3.54. The summed E-state index contributed by atoms with van der Waals surface area (Å²) in [7, 11) is 0. The number of likely N-dealkylation sites (tertiary alicyclic amines) is 1. The van der Waals surface area contributed by atoms with Crippen LogP contribution in [0.25, 0.3) is 17.0 Å². The van der Waals surface area contributed by atoms with E-state index in [1.807, 2.05) is 12.1 Å². The lowest BCUT2D eigenvalue weighted by Crippen LogP contribution is -2.49. The van der Waals surface area contributed by atoms with Crippen molar-refractivity contribution >= 4 is 46.4 Å². The van der Waals surface area contributed by atoms with Crippen molar-refractivity contribution in [2.45, 2.75) is 63.3 Å². The third-order valence-corrected chi connectivity index (χ3v) is 8.68. The van der Waals surface area contributed by atoms with Crippen molar-refractivity contribution in [3.05, 3.63) is 71.3 Å². The summed E-state index contributed by atoms with van der Waals surface area (Å²) in [5.74, 6) is -1.55. The number of benzene rings is 1. The molecule has 1 saturated carbocycles. The topological polar surface area (TPSA) is 145 Å². The molecule has 0 radical (unpaired) electrons. The van der Waals surface area contributed by atoms with Gasteiger partial charge in [0, 0.05) is 11.8 Å². The van der Waals surface area contributed by atoms with Crippen LogP contribution in [-0.2, 0) is 14.4 Å². The summed E-state index contributed by atoms with van der Waals surface area (Å²) in [4.78, 5) is 62.1. The first kappa shape index (κ1) is 32.2. The third kappa shape index (κ3) is 7.79. The SMILES string of the molecule is CC(NC(=O)C1C[C@@H](F)CN1C(=O)CNC(=O)c1ccc2cc(F)ccc2n1)c1nc(NC(=O)[C@@H]2CCCN2)ccc1/C=C/C1CC1. The fourth-order valence-corrected chi connectivity index (χ4v) is 5.95. The van der Waals surface area contributed by atoms with Gasteiger partial charge in [-0.3, -0.25) is 19.2 Å². The number of nitrogens with one attached hydrogen (secondary N) is 4. The summed E-state index contributed by atoms with van der Waals surface area (Å²) in [5, 5.41) is 11.9. The molecule has 3 aliphatic rings. The second-order valence-electron chi connectivity index (χ2n) is 12.3. The van der Waals surface area contributed by atoms with Crippen LogP contribution < -0.4 is 21.3 Å². The van der Waals surface area contributed by atoms with E-state index in [4.69, 9.17) is 0 Å². The number of hydrogen-bond donors (Lipinski definition) is 4. The van der Waals surface area contributed by atoms with E-state index in [1.165, 1.54) is 24.3 Å². The summed E-state index contributed by atoms with van der Waals surface area (Å²) in [6, 6.07) is 8.51. The second kappa shape index (κ2) is 13.9. The van der Waals surface area contributed by atoms with Crippen molar-refractivity contribution in [3.8, 4) is 0 Å². The Kier molecular flexibility index (Phi) is 9.53. The first-order chi connectivity index (χ1) is 22.6. The lowest BCUT2D eigenvalue weighted by molar-refractivity contribution is -0.138. The van der Waals surface area contributed by atoms with Crippen LogP contribution in [0.5, 0.6) is 0 Å². The molecule has 2 saturated heterocycles. The van der Waals surface area contributed by atoms with Gasteiger partial charge in [-0.2, -0.15) is 0 Å². The highest BCUT2D eigenvalue weighted by molar-refractivity contribution is 5.98. The molecule has 6 rings (SSSR count). The number of allylic oxidation sites excluding steroid dienone is 1. The van der Waals surface area contributed by atoms with Crippen molar-refractivity contribution in [1.82, 2.24) is 30.8 Å². The molecule has 246 valence electrons. The van der Waals surface area contributed by atoms with Gasteiger partial charge in [0.2, 0.25) is 17.7 Å². The maximum Gasteiger partial charge on any atom is 0.270 e. The van der Waals surface area contributed by atoms with Crippen LogP contribution in [-0.4, -0.2) is 76.4 Å². The quantitative estimate of drug-likeness (QED) is 0.264. The minimum Gasteiger partial charge on any atom is -0.346 e. The number of amides is 4. The number of carbonyl (C=O) groups is 4. The van der Waals surface area contributed by atoms with E-state index in [9.17, 15) is 28.0 Å². The van der Waals surface area contributed by atoms with E-state index in [2.05, 4.69) is 37.3 Å². The normalized spacial score (nSPS) is 21.6. The van der Waals surface area contributed by atoms with Gasteiger partial charge < -0.3 is 26.2 Å². The van der Waals surface area contributed by atoms with Gasteiger partial charge in [-0.05, 0) is 87.0 Å². The molecule has 1 aliphatic carbocycles. The number of anilines is 1. The van der Waals surface area contributed by atoms with Crippen LogP contribution in [0, 0.1) is 11.7 Å². The summed E-state index contributed by atoms with van der Waals surface area (Å²) in [6.07, 6.45) is 6.35. The zero-order chi connectivity index (χ0) is 33.1. The highest BCUT2D eigenvalue weighted by Gasteiger charge is 2.40. The van der Waals surface area contributed by atoms with Gasteiger partial charge in [0.15, 0.2) is 0 Å². The Morgan fingerprint density at radius 3 is 2.66 bits per heavy atom. The zero-order valence-corrected chi connectivity index (χ0v) is 26.0. The van der Waals surface area contributed by atoms with Gasteiger partial charge in [0.25, 0.3) is 5.91 Å². The number of rotatable bonds is 10. The van der Waals surface area contributed by atoms with Gasteiger partial charge in [0.1, 0.15) is 29.5 Å². The minimum absolute atomic E-state index is 0.0294. The fraction of sp³-hybridized carbons (Fsp3) is 0.412. The van der Waals surface area contributed by atoms with E-state index in [1.54, 1.807) is 19.1 Å². The molecular formula is C34H37F2N7O4. The number of alkyl halides is 1. The number of fused-ring (bicyclic) bond motifs is 1. The van der Waals surface area contributed by atoms with Crippen LogP contribution in [0.15, 0.2) is 48.5 Å². The molecule has 2 aromatic heterocycles. The number of halogens is 2. The van der Waals surface area contributed by atoms with Gasteiger partial charge in [-0.1, -0.05) is 18.2 Å². The van der Waals surface area contributed by atoms with E-state index in [-0.39, 0.29) is 30.6 Å². The maximum atomic E-state index is 14.6. The highest BCUT2D eigenvalue weighted by atomic mass is 19.1. The van der Waals surface area contributed by atoms with Crippen molar-refractivity contribution in [2.75, 3.05) is 25.0 Å². The van der Waals surface area contributed by atoms with Crippen molar-refractivity contribution < 1.29 is 28.0 Å². The van der Waals surface area contributed by atoms with Crippen molar-refractivity contribution in [3.63, 3.8) is 0 Å². The van der Waals surface area contributed by atoms with E-state index < -0.39 is 48.3 Å². The molecule has 3 fully saturated rings. The summed E-state index contributed by atoms with van der Waals surface area (Å²) >= 11 is 0. The Labute approximate surface area is 270 Å². The summed E-state index contributed by atoms with van der Waals surface area (Å²) in [5.41, 5.74) is 1.75. The number of carbonyl (C=O) groups excluding carboxylic acids is 4. The average molecular weight is 646 g/mol. The molecule has 47 heavy (non-hydrogen) atoms. The standard InChI is InChI=1S/C34H37F2N7O4/c1-19(31-21(7-6-20-4-5-20)9-13-29(41-31)42-33(46)26-3-2-14-37-26)39-34(47)28-16-24(36)18-43(28)30(44)17-38-32(45)27-11-8-22-15-23(35)10-12-25(22)40-27/h6-13,15,19-20,24,26,28,37H,2-5,14,16-18H2,1H3,(H,38,45)(H,39,47)(H,41,42,46)/b7-6+/t19?,24-,26+,28?/m1/s1. The summed E-state index contributed by atoms with van der Waals surface area (Å²) in [6.45, 7) is 1.77. The molecule has 4 N–H and O–H groups in total. The lowest BCUT2D eigenvalue weighted by atomic mass is 10.1. The fourth-order valence-electron chi connectivity index (χ4n) is 5.95. The number of aromatic nitrogens is 2. The third-order valence-electron chi connectivity index (χ3n) is 8.68. The van der Waals surface area contributed by atoms with Crippen molar-refractivity contribution in [1.29, 1.82) is 0 Å². The van der Waals surface area contributed by atoms with E-state index in [0.717, 1.165) is 42.7 Å². The first-order valence-corrected chi connectivity index (χ1v) is 16.0. The summed E-state index contributed by atoms with van der Waals surface area (Å²) < 4.78 is 28.1. The monoisotopic (exact) mass is 645 g/mol. The molecule has 1 aromatic carbocycles. The largest absolute Gasteiger partial charge is 0.346 e. The van der Waals surface area contributed by atoms with Gasteiger partial charge >= 0.3 is 0 Å². The Morgan fingerprint density at radius 2 is 1.89 bits per heavy atom. The van der Waals surface area contributed by atoms with Crippen LogP contribution in [0.4, 0.5) is 14.6 Å². The van der Waals surface area contributed by atoms with Gasteiger partial charge in [-0.15, -0.1) is 0 Å². The first-order valence-electron chi connectivity index (χ1n) is 16.0. The molecule has 0 bridgehead atoms. The Bertz CT molecular complexity index is 1720. The van der Waals surface area contributed by atoms with Gasteiger partial charge in [-0.25, -0.2) is 18.7 Å². The highest BCUT2D eigenvalue weighted by Crippen LogP contribution is 2.32. The molecule has 11 nitrogen and oxygen atoms in total. The molecule has 4 atom stereocenters. The molecular weight excluding hydrogens is 608 g/mol. The number of pyridine rings is 2. The van der Waals surface area contributed by atoms with Crippen LogP contribution >= 0.6 is 0 Å². The molecule has 3 aromatic rings. The molecule has 4 amide bonds.